The van der Waals surface area contributed by atoms with Crippen molar-refractivity contribution in [2.75, 3.05) is 14.1 Å². The van der Waals surface area contributed by atoms with Crippen LogP contribution in [0.15, 0.2) is 0 Å². The standard InChI is InChI=1S/C5H12N2/c1-5(6-2)7(3)4/h5H,2H2,1,3-4H3/p+1. The van der Waals surface area contributed by atoms with Crippen molar-refractivity contribution in [2.45, 2.75) is 13.1 Å². The molecular weight excluding hydrogens is 88.1 g/mol. The number of hydrogen-bond donors (Lipinski definition) is 1. The van der Waals surface area contributed by atoms with Crippen LogP contribution in [0.25, 0.3) is 0 Å². The topological polar surface area (TPSA) is 17.2 Å². The van der Waals surface area contributed by atoms with E-state index in [1.165, 1.54) is 0 Å². The third-order valence-electron chi connectivity index (χ3n) is 1.07. The average Bonchev–Trinajstić information content (AvgIpc) is 1.65. The van der Waals surface area contributed by atoms with E-state index in [-0.39, 0.29) is 0 Å². The van der Waals surface area contributed by atoms with Crippen molar-refractivity contribution in [1.29, 1.82) is 0 Å². The molecule has 0 aromatic rings. The Hall–Kier alpha value is -0.370. The maximum Gasteiger partial charge on any atom is 0.203 e. The van der Waals surface area contributed by atoms with Crippen molar-refractivity contribution in [1.82, 2.24) is 4.90 Å². The summed E-state index contributed by atoms with van der Waals surface area (Å²) in [7, 11) is 4.01. The zero-order valence-electron chi connectivity index (χ0n) is 5.23. The Morgan fingerprint density at radius 3 is 2.00 bits per heavy atom. The lowest BCUT2D eigenvalue weighted by Crippen LogP contribution is -2.77. The van der Waals surface area contributed by atoms with E-state index in [0.29, 0.717) is 6.17 Å². The number of hydrogen-bond acceptors (Lipinski definition) is 1. The van der Waals surface area contributed by atoms with Crippen LogP contribution in [0.1, 0.15) is 6.92 Å². The van der Waals surface area contributed by atoms with E-state index in [2.05, 4.69) is 11.7 Å². The van der Waals surface area contributed by atoms with Crippen LogP contribution in [0.2, 0.25) is 0 Å². The molecule has 0 bridgehead atoms. The quantitative estimate of drug-likeness (QED) is 0.337. The first-order valence-corrected chi connectivity index (χ1v) is 2.37. The molecular formula is C5H13N2+. The number of rotatable bonds is 2. The molecule has 7 heavy (non-hydrogen) atoms. The molecule has 0 aliphatic heterocycles. The zero-order chi connectivity index (χ0) is 5.86. The highest BCUT2D eigenvalue weighted by molar-refractivity contribution is 5.12. The lowest BCUT2D eigenvalue weighted by Gasteiger charge is -2.07. The van der Waals surface area contributed by atoms with Gasteiger partial charge in [0.25, 0.3) is 0 Å². The average molecular weight is 101 g/mol. The molecule has 0 saturated carbocycles. The van der Waals surface area contributed by atoms with Gasteiger partial charge < -0.3 is 0 Å². The second-order valence-corrected chi connectivity index (χ2v) is 1.84. The van der Waals surface area contributed by atoms with E-state index in [1.807, 2.05) is 25.9 Å². The van der Waals surface area contributed by atoms with Crippen LogP contribution >= 0.6 is 0 Å². The van der Waals surface area contributed by atoms with Crippen molar-refractivity contribution in [2.24, 2.45) is 0 Å². The monoisotopic (exact) mass is 101 g/mol. The molecule has 1 atom stereocenters. The Balaban J connectivity index is 3.33. The van der Waals surface area contributed by atoms with Gasteiger partial charge >= 0.3 is 0 Å². The number of nitrogens with zero attached hydrogens (tertiary/aromatic N) is 1. The lowest BCUT2D eigenvalue weighted by atomic mass is 10.5. The molecule has 0 aliphatic carbocycles. The fourth-order valence-electron chi connectivity index (χ4n) is 0.183. The smallest absolute Gasteiger partial charge is 0.203 e. The first kappa shape index (κ1) is 6.63. The molecule has 0 aromatic heterocycles. The summed E-state index contributed by atoms with van der Waals surface area (Å²) in [6.45, 7) is 5.56. The Labute approximate surface area is 44.9 Å². The third kappa shape index (κ3) is 2.34. The summed E-state index contributed by atoms with van der Waals surface area (Å²) in [6.07, 6.45) is 0.375. The summed E-state index contributed by atoms with van der Waals surface area (Å²) in [5.74, 6) is 0. The van der Waals surface area contributed by atoms with Gasteiger partial charge in [-0.05, 0) is 14.1 Å². The molecule has 2 heteroatoms. The van der Waals surface area contributed by atoms with Crippen molar-refractivity contribution >= 4 is 6.72 Å². The van der Waals surface area contributed by atoms with Crippen molar-refractivity contribution < 1.29 is 4.99 Å². The Morgan fingerprint density at radius 2 is 2.00 bits per heavy atom. The third-order valence-corrected chi connectivity index (χ3v) is 1.07. The van der Waals surface area contributed by atoms with Crippen molar-refractivity contribution in [3.05, 3.63) is 0 Å². The first-order valence-electron chi connectivity index (χ1n) is 2.37. The summed E-state index contributed by atoms with van der Waals surface area (Å²) in [5.41, 5.74) is 0. The maximum absolute atomic E-state index is 3.52. The molecule has 1 unspecified atom stereocenters. The molecule has 0 rings (SSSR count). The Kier molecular flexibility index (Phi) is 2.60. The molecule has 0 amide bonds. The summed E-state index contributed by atoms with van der Waals surface area (Å²) in [5, 5.41) is 0. The van der Waals surface area contributed by atoms with E-state index in [0.717, 1.165) is 0 Å². The highest BCUT2D eigenvalue weighted by Gasteiger charge is 2.01. The zero-order valence-corrected chi connectivity index (χ0v) is 5.23. The van der Waals surface area contributed by atoms with Gasteiger partial charge in [0.1, 0.15) is 6.72 Å². The summed E-state index contributed by atoms with van der Waals surface area (Å²) in [4.78, 5) is 4.89. The normalized spacial score (nSPS) is 14.3. The van der Waals surface area contributed by atoms with E-state index in [1.54, 1.807) is 0 Å². The summed E-state index contributed by atoms with van der Waals surface area (Å²) >= 11 is 0. The van der Waals surface area contributed by atoms with Gasteiger partial charge in [0.05, 0.1) is 0 Å². The molecule has 0 spiro atoms. The molecule has 0 fully saturated rings. The summed E-state index contributed by atoms with van der Waals surface area (Å²) in [6, 6.07) is 0. The maximum atomic E-state index is 3.52. The first-order chi connectivity index (χ1) is 3.18. The minimum absolute atomic E-state index is 0.375. The van der Waals surface area contributed by atoms with Crippen LogP contribution in [-0.4, -0.2) is 31.9 Å². The predicted molar refractivity (Wildman–Crippen MR) is 31.2 cm³/mol. The molecule has 0 aliphatic rings. The van der Waals surface area contributed by atoms with Crippen molar-refractivity contribution in [3.8, 4) is 0 Å². The summed E-state index contributed by atoms with van der Waals surface area (Å²) < 4.78 is 0. The molecule has 0 saturated heterocycles. The predicted octanol–water partition coefficient (Wildman–Crippen LogP) is -1.32. The SMILES string of the molecule is C=[NH+]C(C)N(C)C. The van der Waals surface area contributed by atoms with Crippen LogP contribution < -0.4 is 4.99 Å². The lowest BCUT2D eigenvalue weighted by molar-refractivity contribution is -0.517. The van der Waals surface area contributed by atoms with Crippen LogP contribution in [0, 0.1) is 0 Å². The fourth-order valence-corrected chi connectivity index (χ4v) is 0.183. The number of nitrogens with one attached hydrogen (secondary N) is 1. The van der Waals surface area contributed by atoms with E-state index < -0.39 is 0 Å². The van der Waals surface area contributed by atoms with Crippen LogP contribution in [0.5, 0.6) is 0 Å². The highest BCUT2D eigenvalue weighted by atomic mass is 15.2. The van der Waals surface area contributed by atoms with Gasteiger partial charge in [-0.2, -0.15) is 0 Å². The van der Waals surface area contributed by atoms with Gasteiger partial charge in [0, 0.05) is 6.92 Å². The van der Waals surface area contributed by atoms with Gasteiger partial charge in [0.2, 0.25) is 6.17 Å². The Morgan fingerprint density at radius 1 is 1.57 bits per heavy atom. The molecule has 0 radical (unpaired) electrons. The molecule has 42 valence electrons. The molecule has 0 aromatic carbocycles. The van der Waals surface area contributed by atoms with Crippen LogP contribution in [0.3, 0.4) is 0 Å². The van der Waals surface area contributed by atoms with Gasteiger partial charge in [-0.25, -0.2) is 4.99 Å². The van der Waals surface area contributed by atoms with Gasteiger partial charge in [-0.15, -0.1) is 0 Å². The minimum Gasteiger partial charge on any atom is -0.252 e. The van der Waals surface area contributed by atoms with Crippen molar-refractivity contribution in [3.63, 3.8) is 0 Å². The molecule has 1 N–H and O–H groups in total. The van der Waals surface area contributed by atoms with E-state index in [9.17, 15) is 0 Å². The van der Waals surface area contributed by atoms with Gasteiger partial charge in [-0.1, -0.05) is 0 Å². The van der Waals surface area contributed by atoms with E-state index >= 15 is 0 Å². The second kappa shape index (κ2) is 2.75. The Bertz CT molecular complexity index is 59.1. The molecule has 2 nitrogen and oxygen atoms in total. The van der Waals surface area contributed by atoms with Crippen LogP contribution in [0.4, 0.5) is 0 Å². The van der Waals surface area contributed by atoms with Gasteiger partial charge in [0.15, 0.2) is 0 Å². The van der Waals surface area contributed by atoms with Crippen LogP contribution in [-0.2, 0) is 0 Å². The van der Waals surface area contributed by atoms with E-state index in [4.69, 9.17) is 0 Å². The minimum atomic E-state index is 0.375. The largest absolute Gasteiger partial charge is 0.252 e. The molecule has 0 heterocycles. The second-order valence-electron chi connectivity index (χ2n) is 1.84. The highest BCUT2D eigenvalue weighted by Crippen LogP contribution is 1.72. The fraction of sp³-hybridized carbons (Fsp3) is 0.800. The van der Waals surface area contributed by atoms with Gasteiger partial charge in [-0.3, -0.25) is 4.90 Å².